The molecule has 1 nitrogen and oxygen atoms in total. The molecule has 0 heterocycles. The van der Waals surface area contributed by atoms with Gasteiger partial charge in [0.05, 0.1) is 6.04 Å². The van der Waals surface area contributed by atoms with E-state index in [0.29, 0.717) is 0 Å². The van der Waals surface area contributed by atoms with Crippen molar-refractivity contribution in [2.45, 2.75) is 38.6 Å². The second-order valence-corrected chi connectivity index (χ2v) is 5.31. The minimum absolute atomic E-state index is 0.0813. The fourth-order valence-electron chi connectivity index (χ4n) is 2.31. The molecule has 2 rings (SSSR count). The highest BCUT2D eigenvalue weighted by Crippen LogP contribution is 2.31. The van der Waals surface area contributed by atoms with Gasteiger partial charge in [0, 0.05) is 4.47 Å². The number of hydrogen-bond acceptors (Lipinski definition) is 1. The first kappa shape index (κ1) is 11.9. The van der Waals surface area contributed by atoms with Crippen LogP contribution in [0.15, 0.2) is 34.3 Å². The molecule has 0 bridgehead atoms. The standard InChI is InChI=1S/C14H18BrN/c1-10-12(8-5-9-13(10)15)14(16)11-6-3-2-4-7-11/h5-6,8-9,14H,2-4,7,16H2,1H3. The van der Waals surface area contributed by atoms with E-state index in [4.69, 9.17) is 5.73 Å². The maximum atomic E-state index is 6.35. The van der Waals surface area contributed by atoms with Crippen LogP contribution in [-0.4, -0.2) is 0 Å². The normalized spacial score (nSPS) is 18.1. The van der Waals surface area contributed by atoms with Gasteiger partial charge in [0.1, 0.15) is 0 Å². The Kier molecular flexibility index (Phi) is 3.82. The molecule has 1 unspecified atom stereocenters. The van der Waals surface area contributed by atoms with Gasteiger partial charge in [-0.3, -0.25) is 0 Å². The number of hydrogen-bond donors (Lipinski definition) is 1. The number of allylic oxidation sites excluding steroid dienone is 1. The van der Waals surface area contributed by atoms with Crippen LogP contribution in [0.3, 0.4) is 0 Å². The van der Waals surface area contributed by atoms with E-state index in [1.807, 2.05) is 0 Å². The van der Waals surface area contributed by atoms with E-state index in [-0.39, 0.29) is 6.04 Å². The van der Waals surface area contributed by atoms with Crippen LogP contribution in [-0.2, 0) is 0 Å². The van der Waals surface area contributed by atoms with Crippen molar-refractivity contribution in [2.24, 2.45) is 5.73 Å². The second-order valence-electron chi connectivity index (χ2n) is 4.46. The first-order chi connectivity index (χ1) is 7.70. The highest BCUT2D eigenvalue weighted by atomic mass is 79.9. The molecule has 0 spiro atoms. The van der Waals surface area contributed by atoms with Crippen LogP contribution in [0, 0.1) is 6.92 Å². The molecule has 1 aromatic carbocycles. The molecule has 0 saturated heterocycles. The fraction of sp³-hybridized carbons (Fsp3) is 0.429. The van der Waals surface area contributed by atoms with Gasteiger partial charge < -0.3 is 5.73 Å². The zero-order chi connectivity index (χ0) is 11.5. The predicted molar refractivity (Wildman–Crippen MR) is 72.4 cm³/mol. The summed E-state index contributed by atoms with van der Waals surface area (Å²) >= 11 is 3.56. The lowest BCUT2D eigenvalue weighted by Gasteiger charge is -2.21. The van der Waals surface area contributed by atoms with Crippen LogP contribution in [0.1, 0.15) is 42.9 Å². The van der Waals surface area contributed by atoms with Crippen molar-refractivity contribution in [1.82, 2.24) is 0 Å². The maximum absolute atomic E-state index is 6.35. The van der Waals surface area contributed by atoms with Crippen LogP contribution >= 0.6 is 15.9 Å². The Balaban J connectivity index is 2.29. The first-order valence-electron chi connectivity index (χ1n) is 5.89. The van der Waals surface area contributed by atoms with Crippen molar-refractivity contribution in [1.29, 1.82) is 0 Å². The van der Waals surface area contributed by atoms with Crippen molar-refractivity contribution < 1.29 is 0 Å². The third kappa shape index (κ3) is 2.38. The van der Waals surface area contributed by atoms with E-state index in [1.54, 1.807) is 0 Å². The Bertz CT molecular complexity index is 409. The van der Waals surface area contributed by atoms with Crippen LogP contribution in [0.25, 0.3) is 0 Å². The summed E-state index contributed by atoms with van der Waals surface area (Å²) in [6.07, 6.45) is 7.28. The Labute approximate surface area is 106 Å². The van der Waals surface area contributed by atoms with Gasteiger partial charge in [-0.1, -0.05) is 39.7 Å². The summed E-state index contributed by atoms with van der Waals surface area (Å²) in [5.41, 5.74) is 10.3. The molecule has 0 fully saturated rings. The smallest absolute Gasteiger partial charge is 0.0513 e. The molecule has 16 heavy (non-hydrogen) atoms. The molecule has 1 aromatic rings. The minimum atomic E-state index is 0.0813. The number of benzene rings is 1. The Morgan fingerprint density at radius 2 is 2.12 bits per heavy atom. The van der Waals surface area contributed by atoms with Gasteiger partial charge in [-0.05, 0) is 49.8 Å². The zero-order valence-electron chi connectivity index (χ0n) is 9.67. The molecule has 2 N–H and O–H groups in total. The Morgan fingerprint density at radius 1 is 1.31 bits per heavy atom. The van der Waals surface area contributed by atoms with Crippen molar-refractivity contribution in [2.75, 3.05) is 0 Å². The molecule has 86 valence electrons. The largest absolute Gasteiger partial charge is 0.321 e. The van der Waals surface area contributed by atoms with E-state index in [2.05, 4.69) is 47.1 Å². The van der Waals surface area contributed by atoms with Crippen LogP contribution in [0.2, 0.25) is 0 Å². The number of rotatable bonds is 2. The van der Waals surface area contributed by atoms with Gasteiger partial charge >= 0.3 is 0 Å². The zero-order valence-corrected chi connectivity index (χ0v) is 11.3. The molecule has 1 aliphatic rings. The number of halogens is 1. The molecule has 0 saturated carbocycles. The van der Waals surface area contributed by atoms with Gasteiger partial charge in [-0.2, -0.15) is 0 Å². The molecular formula is C14H18BrN. The first-order valence-corrected chi connectivity index (χ1v) is 6.69. The monoisotopic (exact) mass is 279 g/mol. The molecule has 0 amide bonds. The average Bonchev–Trinajstić information content (AvgIpc) is 2.33. The highest BCUT2D eigenvalue weighted by Gasteiger charge is 2.16. The van der Waals surface area contributed by atoms with Crippen LogP contribution in [0.4, 0.5) is 0 Å². The lowest BCUT2D eigenvalue weighted by atomic mass is 9.89. The fourth-order valence-corrected chi connectivity index (χ4v) is 2.69. The highest BCUT2D eigenvalue weighted by molar-refractivity contribution is 9.10. The van der Waals surface area contributed by atoms with Crippen molar-refractivity contribution in [3.05, 3.63) is 45.4 Å². The third-order valence-corrected chi connectivity index (χ3v) is 4.23. The van der Waals surface area contributed by atoms with E-state index < -0.39 is 0 Å². The van der Waals surface area contributed by atoms with Crippen molar-refractivity contribution in [3.8, 4) is 0 Å². The number of nitrogens with two attached hydrogens (primary N) is 1. The predicted octanol–water partition coefficient (Wildman–Crippen LogP) is 4.26. The summed E-state index contributed by atoms with van der Waals surface area (Å²) in [6, 6.07) is 6.36. The SMILES string of the molecule is Cc1c(Br)cccc1C(N)C1=CCCCC1. The average molecular weight is 280 g/mol. The van der Waals surface area contributed by atoms with Crippen molar-refractivity contribution >= 4 is 15.9 Å². The molecule has 0 radical (unpaired) electrons. The molecule has 1 atom stereocenters. The van der Waals surface area contributed by atoms with Crippen LogP contribution in [0.5, 0.6) is 0 Å². The van der Waals surface area contributed by atoms with Gasteiger partial charge in [-0.25, -0.2) is 0 Å². The third-order valence-electron chi connectivity index (χ3n) is 3.37. The summed E-state index contributed by atoms with van der Waals surface area (Å²) in [5, 5.41) is 0. The van der Waals surface area contributed by atoms with Gasteiger partial charge in [0.15, 0.2) is 0 Å². The summed E-state index contributed by atoms with van der Waals surface area (Å²) < 4.78 is 1.15. The Morgan fingerprint density at radius 3 is 2.81 bits per heavy atom. The molecular weight excluding hydrogens is 262 g/mol. The lowest BCUT2D eigenvalue weighted by Crippen LogP contribution is -2.16. The lowest BCUT2D eigenvalue weighted by molar-refractivity contribution is 0.647. The van der Waals surface area contributed by atoms with Gasteiger partial charge in [-0.15, -0.1) is 0 Å². The molecule has 0 aliphatic heterocycles. The molecule has 2 heteroatoms. The summed E-state index contributed by atoms with van der Waals surface area (Å²) in [5.74, 6) is 0. The van der Waals surface area contributed by atoms with E-state index >= 15 is 0 Å². The molecule has 0 aromatic heterocycles. The topological polar surface area (TPSA) is 26.0 Å². The van der Waals surface area contributed by atoms with Crippen LogP contribution < -0.4 is 5.73 Å². The quantitative estimate of drug-likeness (QED) is 0.805. The second kappa shape index (κ2) is 5.15. The summed E-state index contributed by atoms with van der Waals surface area (Å²) in [7, 11) is 0. The van der Waals surface area contributed by atoms with Crippen molar-refractivity contribution in [3.63, 3.8) is 0 Å². The minimum Gasteiger partial charge on any atom is -0.321 e. The Hall–Kier alpha value is -0.600. The van der Waals surface area contributed by atoms with Gasteiger partial charge in [0.25, 0.3) is 0 Å². The van der Waals surface area contributed by atoms with E-state index in [9.17, 15) is 0 Å². The van der Waals surface area contributed by atoms with Gasteiger partial charge in [0.2, 0.25) is 0 Å². The van der Waals surface area contributed by atoms with E-state index in [1.165, 1.54) is 36.0 Å². The van der Waals surface area contributed by atoms with E-state index in [0.717, 1.165) is 10.9 Å². The summed E-state index contributed by atoms with van der Waals surface area (Å²) in [4.78, 5) is 0. The summed E-state index contributed by atoms with van der Waals surface area (Å²) in [6.45, 7) is 2.13. The maximum Gasteiger partial charge on any atom is 0.0513 e. The molecule has 1 aliphatic carbocycles.